The van der Waals surface area contributed by atoms with Gasteiger partial charge in [-0.25, -0.2) is 0 Å². The Morgan fingerprint density at radius 2 is 0.794 bits per heavy atom. The molecule has 0 bridgehead atoms. The van der Waals surface area contributed by atoms with Crippen molar-refractivity contribution in [1.82, 2.24) is 0 Å². The molecule has 7 heteroatoms. The van der Waals surface area contributed by atoms with E-state index in [1.807, 2.05) is 0 Å². The summed E-state index contributed by atoms with van der Waals surface area (Å²) in [7, 11) is -2.86. The molecular weight excluding hydrogens is 488 g/mol. The van der Waals surface area contributed by atoms with Gasteiger partial charge >= 0.3 is 8.60 Å². The van der Waals surface area contributed by atoms with E-state index in [-0.39, 0.29) is 0 Å². The van der Waals surface area contributed by atoms with E-state index in [2.05, 4.69) is 96.1 Å². The van der Waals surface area contributed by atoms with Gasteiger partial charge in [-0.15, -0.1) is 0 Å². The SMILES string of the molecule is Cc1cccc([SiH2]COP(OC[SiH2]c2cccc(C)c2C)OC[SiH2]c2cccc(C)c2C)c1C. The van der Waals surface area contributed by atoms with Gasteiger partial charge in [0.25, 0.3) is 0 Å². The molecular formula is C27H39O3PSi3. The van der Waals surface area contributed by atoms with Crippen molar-refractivity contribution in [3.8, 4) is 0 Å². The lowest BCUT2D eigenvalue weighted by Gasteiger charge is -2.18. The zero-order chi connectivity index (χ0) is 24.5. The van der Waals surface area contributed by atoms with E-state index >= 15 is 0 Å². The Morgan fingerprint density at radius 1 is 0.500 bits per heavy atom. The maximum absolute atomic E-state index is 6.25. The average Bonchev–Trinajstić information content (AvgIpc) is 2.82. The molecule has 0 fully saturated rings. The summed E-state index contributed by atoms with van der Waals surface area (Å²) in [5.41, 5.74) is 8.31. The highest BCUT2D eigenvalue weighted by Gasteiger charge is 2.15. The van der Waals surface area contributed by atoms with Gasteiger partial charge in [-0.05, 0) is 74.9 Å². The summed E-state index contributed by atoms with van der Waals surface area (Å²) in [6, 6.07) is 19.8. The van der Waals surface area contributed by atoms with E-state index < -0.39 is 37.2 Å². The van der Waals surface area contributed by atoms with Crippen LogP contribution in [0.4, 0.5) is 0 Å². The van der Waals surface area contributed by atoms with Crippen molar-refractivity contribution in [2.45, 2.75) is 41.5 Å². The Labute approximate surface area is 214 Å². The van der Waals surface area contributed by atoms with Crippen molar-refractivity contribution < 1.29 is 13.6 Å². The predicted octanol–water partition coefficient (Wildman–Crippen LogP) is 2.47. The summed E-state index contributed by atoms with van der Waals surface area (Å²) in [5, 5.41) is 4.43. The van der Waals surface area contributed by atoms with Gasteiger partial charge in [-0.3, -0.25) is 0 Å². The molecule has 3 nitrogen and oxygen atoms in total. The fourth-order valence-electron chi connectivity index (χ4n) is 4.05. The molecule has 0 aromatic heterocycles. The van der Waals surface area contributed by atoms with Crippen molar-refractivity contribution in [1.29, 1.82) is 0 Å². The van der Waals surface area contributed by atoms with Crippen LogP contribution in [0.5, 0.6) is 0 Å². The Hall–Kier alpha value is -1.38. The molecule has 0 N–H and O–H groups in total. The summed E-state index contributed by atoms with van der Waals surface area (Å²) in [6.45, 7) is 13.2. The Morgan fingerprint density at radius 3 is 1.09 bits per heavy atom. The summed E-state index contributed by atoms with van der Waals surface area (Å²) in [4.78, 5) is 0. The van der Waals surface area contributed by atoms with Gasteiger partial charge < -0.3 is 13.6 Å². The van der Waals surface area contributed by atoms with Gasteiger partial charge in [-0.2, -0.15) is 0 Å². The van der Waals surface area contributed by atoms with Gasteiger partial charge in [-0.1, -0.05) is 70.2 Å². The van der Waals surface area contributed by atoms with Gasteiger partial charge in [0.05, 0.1) is 28.6 Å². The number of aryl methyl sites for hydroxylation is 3. The molecule has 0 spiro atoms. The Bertz CT molecular complexity index is 954. The molecule has 0 radical (unpaired) electrons. The second-order valence-corrected chi connectivity index (χ2v) is 15.3. The quantitative estimate of drug-likeness (QED) is 0.268. The maximum atomic E-state index is 6.25. The Kier molecular flexibility index (Phi) is 10.9. The normalized spacial score (nSPS) is 13.2. The lowest BCUT2D eigenvalue weighted by molar-refractivity contribution is 0.213. The van der Waals surface area contributed by atoms with Crippen LogP contribution in [-0.4, -0.2) is 47.2 Å². The maximum Gasteiger partial charge on any atom is 0.331 e. The minimum Gasteiger partial charge on any atom is -0.316 e. The first-order chi connectivity index (χ1) is 16.4. The summed E-state index contributed by atoms with van der Waals surface area (Å²) in [5.74, 6) is 0. The molecule has 3 aromatic rings. The average molecular weight is 527 g/mol. The van der Waals surface area contributed by atoms with Gasteiger partial charge in [0.1, 0.15) is 0 Å². The molecule has 3 rings (SSSR count). The zero-order valence-corrected chi connectivity index (χ0v) is 26.7. The lowest BCUT2D eigenvalue weighted by Crippen LogP contribution is -2.25. The van der Waals surface area contributed by atoms with Gasteiger partial charge in [0.2, 0.25) is 0 Å². The van der Waals surface area contributed by atoms with E-state index in [4.69, 9.17) is 13.6 Å². The smallest absolute Gasteiger partial charge is 0.316 e. The number of benzene rings is 3. The topological polar surface area (TPSA) is 27.7 Å². The molecule has 0 aliphatic carbocycles. The van der Waals surface area contributed by atoms with Crippen molar-refractivity contribution >= 4 is 52.7 Å². The van der Waals surface area contributed by atoms with Crippen LogP contribution in [0.2, 0.25) is 0 Å². The molecule has 182 valence electrons. The van der Waals surface area contributed by atoms with Crippen LogP contribution in [0.15, 0.2) is 54.6 Å². The van der Waals surface area contributed by atoms with Crippen LogP contribution in [0, 0.1) is 41.5 Å². The Balaban J connectivity index is 1.57. The highest BCUT2D eigenvalue weighted by atomic mass is 31.2. The van der Waals surface area contributed by atoms with Crippen LogP contribution in [-0.2, 0) is 13.6 Å². The number of hydrogen-bond acceptors (Lipinski definition) is 3. The molecule has 0 atom stereocenters. The van der Waals surface area contributed by atoms with Crippen molar-refractivity contribution in [2.75, 3.05) is 18.7 Å². The van der Waals surface area contributed by atoms with E-state index in [0.717, 1.165) is 18.7 Å². The number of rotatable bonds is 12. The molecule has 0 heterocycles. The van der Waals surface area contributed by atoms with E-state index in [1.54, 1.807) is 0 Å². The minimum absolute atomic E-state index is 0.519. The molecule has 3 aromatic carbocycles. The summed E-state index contributed by atoms with van der Waals surface area (Å²) >= 11 is 0. The largest absolute Gasteiger partial charge is 0.331 e. The van der Waals surface area contributed by atoms with Crippen LogP contribution >= 0.6 is 8.60 Å². The fraction of sp³-hybridized carbons (Fsp3) is 0.333. The van der Waals surface area contributed by atoms with Gasteiger partial charge in [0, 0.05) is 18.7 Å². The standard InChI is InChI=1S/C27H39O3PSi3/c1-19-10-7-13-25(22(19)4)32-16-28-31(29-17-33-26-14-8-11-20(2)23(26)5)30-18-34-27-15-9-12-21(3)24(27)6/h7-15H,16-18,32-34H2,1-6H3. The molecule has 0 aliphatic rings. The summed E-state index contributed by atoms with van der Waals surface area (Å²) < 4.78 is 18.8. The third-order valence-corrected chi connectivity index (χ3v) is 14.2. The third-order valence-electron chi connectivity index (χ3n) is 6.85. The highest BCUT2D eigenvalue weighted by molar-refractivity contribution is 7.41. The minimum atomic E-state index is -1.30. The lowest BCUT2D eigenvalue weighted by atomic mass is 10.1. The monoisotopic (exact) mass is 526 g/mol. The molecule has 34 heavy (non-hydrogen) atoms. The van der Waals surface area contributed by atoms with E-state index in [1.165, 1.54) is 48.9 Å². The third kappa shape index (κ3) is 7.82. The first kappa shape index (κ1) is 27.2. The van der Waals surface area contributed by atoms with Crippen LogP contribution in [0.3, 0.4) is 0 Å². The second kappa shape index (κ2) is 13.6. The number of hydrogen-bond donors (Lipinski definition) is 0. The molecule has 0 amide bonds. The molecule has 0 saturated carbocycles. The highest BCUT2D eigenvalue weighted by Crippen LogP contribution is 2.38. The first-order valence-corrected chi connectivity index (χ1v) is 18.4. The van der Waals surface area contributed by atoms with E-state index in [9.17, 15) is 0 Å². The van der Waals surface area contributed by atoms with Gasteiger partial charge in [0.15, 0.2) is 0 Å². The summed E-state index contributed by atoms with van der Waals surface area (Å²) in [6.07, 6.45) is 2.27. The van der Waals surface area contributed by atoms with E-state index in [0.29, 0.717) is 0 Å². The molecule has 0 unspecified atom stereocenters. The van der Waals surface area contributed by atoms with Crippen LogP contribution < -0.4 is 15.6 Å². The molecule has 0 saturated heterocycles. The fourth-order valence-corrected chi connectivity index (χ4v) is 10.7. The van der Waals surface area contributed by atoms with Crippen molar-refractivity contribution in [3.05, 3.63) is 88.0 Å². The predicted molar refractivity (Wildman–Crippen MR) is 157 cm³/mol. The van der Waals surface area contributed by atoms with Crippen LogP contribution in [0.1, 0.15) is 33.4 Å². The van der Waals surface area contributed by atoms with Crippen molar-refractivity contribution in [3.63, 3.8) is 0 Å². The second-order valence-electron chi connectivity index (χ2n) is 9.05. The first-order valence-electron chi connectivity index (χ1n) is 12.2. The molecule has 0 aliphatic heterocycles. The zero-order valence-electron chi connectivity index (χ0n) is 21.6. The van der Waals surface area contributed by atoms with Crippen molar-refractivity contribution in [2.24, 2.45) is 0 Å². The van der Waals surface area contributed by atoms with Crippen LogP contribution in [0.25, 0.3) is 0 Å².